The third-order valence-electron chi connectivity index (χ3n) is 18.4. The van der Waals surface area contributed by atoms with Crippen molar-refractivity contribution in [2.45, 2.75) is 129 Å². The highest BCUT2D eigenvalue weighted by molar-refractivity contribution is 6.06. The van der Waals surface area contributed by atoms with Crippen LogP contribution in [0.5, 0.6) is 11.5 Å². The number of nitrogens with zero attached hydrogens (tertiary/aromatic N) is 6. The average molecular weight is 1320 g/mol. The van der Waals surface area contributed by atoms with Crippen molar-refractivity contribution in [3.63, 3.8) is 0 Å². The molecule has 10 heteroatoms. The van der Waals surface area contributed by atoms with Gasteiger partial charge in [0.15, 0.2) is 0 Å². The summed E-state index contributed by atoms with van der Waals surface area (Å²) in [6.07, 6.45) is 22.2. The van der Waals surface area contributed by atoms with Crippen LogP contribution in [0.1, 0.15) is 160 Å². The smallest absolute Gasteiger partial charge is 0.311 e. The minimum absolute atomic E-state index is 0.206. The molecular weight excluding hydrogens is 1230 g/mol. The summed E-state index contributed by atoms with van der Waals surface area (Å²) in [6.45, 7) is 1.68. The number of hydrogen-bond donors (Lipinski definition) is 0. The molecule has 2 heterocycles. The van der Waals surface area contributed by atoms with Crippen LogP contribution in [0.25, 0.3) is 55.9 Å². The molecule has 0 saturated heterocycles. The normalized spacial score (nSPS) is 11.1. The molecule has 0 spiro atoms. The fourth-order valence-corrected chi connectivity index (χ4v) is 13.1. The lowest BCUT2D eigenvalue weighted by Crippen LogP contribution is -2.07. The highest BCUT2D eigenvalue weighted by atomic mass is 16.5. The van der Waals surface area contributed by atoms with Gasteiger partial charge in [0.2, 0.25) is 0 Å². The lowest BCUT2D eigenvalue weighted by Gasteiger charge is -2.18. The SMILES string of the molecule is O=C(CCCCCCCCCCn1cc(-c2ccc(C(=C(c3ccccc3)c3ccccc3)c3ccccc3)cc2)nn1)Oc1ccc(-c2ccc(OC(=O)CCCCCCCCCCn3cc(-c4ccc(C(=C(c5ccccc5)c5ccccc5)c5ccccc5)cc4)nn3)cc2)cc1. The molecule has 10 nitrogen and oxygen atoms in total. The van der Waals surface area contributed by atoms with Crippen molar-refractivity contribution in [3.05, 3.63) is 336 Å². The van der Waals surface area contributed by atoms with Crippen LogP contribution in [-0.4, -0.2) is 41.9 Å². The van der Waals surface area contributed by atoms with E-state index in [4.69, 9.17) is 9.47 Å². The first-order chi connectivity index (χ1) is 49.5. The van der Waals surface area contributed by atoms with Crippen LogP contribution >= 0.6 is 0 Å². The lowest BCUT2D eigenvalue weighted by molar-refractivity contribution is -0.135. The molecule has 0 unspecified atom stereocenters. The fraction of sp³-hybridized carbons (Fsp3) is 0.222. The summed E-state index contributed by atoms with van der Waals surface area (Å²) in [7, 11) is 0. The van der Waals surface area contributed by atoms with Gasteiger partial charge >= 0.3 is 11.9 Å². The number of unbranched alkanes of at least 4 members (excludes halogenated alkanes) is 14. The quantitative estimate of drug-likeness (QED) is 0.0167. The number of aryl methyl sites for hydroxylation is 2. The van der Waals surface area contributed by atoms with Crippen molar-refractivity contribution in [2.75, 3.05) is 0 Å². The van der Waals surface area contributed by atoms with E-state index in [1.54, 1.807) is 0 Å². The van der Waals surface area contributed by atoms with Crippen molar-refractivity contribution in [1.82, 2.24) is 30.0 Å². The first kappa shape index (κ1) is 68.8. The first-order valence-electron chi connectivity index (χ1n) is 35.9. The van der Waals surface area contributed by atoms with Crippen LogP contribution in [0.2, 0.25) is 0 Å². The zero-order valence-corrected chi connectivity index (χ0v) is 57.2. The second kappa shape index (κ2) is 36.5. The van der Waals surface area contributed by atoms with E-state index in [0.717, 1.165) is 146 Å². The van der Waals surface area contributed by atoms with E-state index in [9.17, 15) is 9.59 Å². The number of carbonyl (C=O) groups excluding carboxylic acids is 2. The maximum atomic E-state index is 12.7. The highest BCUT2D eigenvalue weighted by Gasteiger charge is 2.20. The topological polar surface area (TPSA) is 114 Å². The van der Waals surface area contributed by atoms with Gasteiger partial charge in [-0.25, -0.2) is 0 Å². The van der Waals surface area contributed by atoms with Gasteiger partial charge in [-0.3, -0.25) is 19.0 Å². The summed E-state index contributed by atoms with van der Waals surface area (Å²) in [6, 6.07) is 96.5. The highest BCUT2D eigenvalue weighted by Crippen LogP contribution is 2.40. The summed E-state index contributed by atoms with van der Waals surface area (Å²) in [5, 5.41) is 18.1. The summed E-state index contributed by atoms with van der Waals surface area (Å²) >= 11 is 0. The molecule has 0 aliphatic carbocycles. The van der Waals surface area contributed by atoms with Crippen molar-refractivity contribution < 1.29 is 19.1 Å². The standard InChI is InChI=1S/C90H88N6O4/c97-85(47-31-9-5-1-3-7-11-33-65-95-67-83(91-93-95)71-49-53-79(54-50-71)89(77-43-27-17-28-44-77)87(73-35-19-13-20-36-73)74-37-21-14-22-38-74)99-81-61-57-69(58-62-81)70-59-63-82(64-60-70)100-86(98)48-32-10-6-2-4-8-12-34-66-96-68-84(92-94-96)72-51-55-80(56-52-72)90(78-45-29-18-30-46-78)88(75-39-23-15-24-40-75)76-41-25-16-26-42-76/h13-30,35-46,49-64,67-68H,1-12,31-34,47-48,65-66H2. The van der Waals surface area contributed by atoms with Crippen LogP contribution in [0.15, 0.2) is 291 Å². The van der Waals surface area contributed by atoms with E-state index in [0.29, 0.717) is 24.3 Å². The molecule has 0 amide bonds. The Hall–Kier alpha value is -11.1. The van der Waals surface area contributed by atoms with Crippen LogP contribution in [0, 0.1) is 0 Å². The predicted octanol–water partition coefficient (Wildman–Crippen LogP) is 22.1. The van der Waals surface area contributed by atoms with Gasteiger partial charge in [-0.1, -0.05) is 342 Å². The minimum Gasteiger partial charge on any atom is -0.427 e. The fourth-order valence-electron chi connectivity index (χ4n) is 13.1. The zero-order chi connectivity index (χ0) is 68.2. The van der Waals surface area contributed by atoms with Crippen LogP contribution in [0.4, 0.5) is 0 Å². The molecule has 0 bridgehead atoms. The molecule has 0 atom stereocenters. The molecule has 502 valence electrons. The number of esters is 2. The molecular formula is C90H88N6O4. The Kier molecular flexibility index (Phi) is 25.1. The van der Waals surface area contributed by atoms with Crippen LogP contribution < -0.4 is 9.47 Å². The summed E-state index contributed by atoms with van der Waals surface area (Å²) in [5.74, 6) is 0.664. The van der Waals surface area contributed by atoms with Gasteiger partial charge in [-0.15, -0.1) is 10.2 Å². The van der Waals surface area contributed by atoms with Gasteiger partial charge in [0.05, 0.1) is 12.4 Å². The van der Waals surface area contributed by atoms with E-state index in [1.807, 2.05) is 57.9 Å². The van der Waals surface area contributed by atoms with E-state index >= 15 is 0 Å². The Balaban J connectivity index is 0.483. The molecule has 0 saturated carbocycles. The van der Waals surface area contributed by atoms with Gasteiger partial charge in [0.1, 0.15) is 22.9 Å². The Morgan fingerprint density at radius 1 is 0.250 bits per heavy atom. The minimum atomic E-state index is -0.206. The van der Waals surface area contributed by atoms with Crippen LogP contribution in [-0.2, 0) is 22.7 Å². The molecule has 0 aliphatic heterocycles. The molecule has 2 aromatic heterocycles. The number of aromatic nitrogens is 6. The molecule has 100 heavy (non-hydrogen) atoms. The molecule has 10 aromatic carbocycles. The molecule has 12 rings (SSSR count). The Morgan fingerprint density at radius 3 is 0.750 bits per heavy atom. The average Bonchev–Trinajstić information content (AvgIpc) is 0.856. The summed E-state index contributed by atoms with van der Waals surface area (Å²) < 4.78 is 15.3. The van der Waals surface area contributed by atoms with Gasteiger partial charge in [0, 0.05) is 37.1 Å². The molecule has 12 aromatic rings. The number of benzene rings is 10. The second-order valence-electron chi connectivity index (χ2n) is 25.7. The number of carbonyl (C=O) groups is 2. The summed E-state index contributed by atoms with van der Waals surface area (Å²) in [4.78, 5) is 25.5. The Bertz CT molecular complexity index is 4140. The lowest BCUT2D eigenvalue weighted by atomic mass is 9.85. The van der Waals surface area contributed by atoms with E-state index in [1.165, 1.54) is 70.2 Å². The third-order valence-corrected chi connectivity index (χ3v) is 18.4. The third kappa shape index (κ3) is 19.6. The van der Waals surface area contributed by atoms with E-state index < -0.39 is 0 Å². The second-order valence-corrected chi connectivity index (χ2v) is 25.7. The molecule has 0 N–H and O–H groups in total. The predicted molar refractivity (Wildman–Crippen MR) is 406 cm³/mol. The van der Waals surface area contributed by atoms with Gasteiger partial charge < -0.3 is 9.47 Å². The monoisotopic (exact) mass is 1320 g/mol. The Labute approximate surface area is 589 Å². The number of hydrogen-bond acceptors (Lipinski definition) is 8. The maximum absolute atomic E-state index is 12.7. The maximum Gasteiger partial charge on any atom is 0.311 e. The van der Waals surface area contributed by atoms with Crippen LogP contribution in [0.3, 0.4) is 0 Å². The number of rotatable bonds is 35. The van der Waals surface area contributed by atoms with Gasteiger partial charge in [0.25, 0.3) is 0 Å². The van der Waals surface area contributed by atoms with Crippen molar-refractivity contribution in [3.8, 4) is 45.1 Å². The molecule has 0 radical (unpaired) electrons. The molecule has 0 aliphatic rings. The van der Waals surface area contributed by atoms with Crippen molar-refractivity contribution in [1.29, 1.82) is 0 Å². The van der Waals surface area contributed by atoms with Crippen molar-refractivity contribution in [2.24, 2.45) is 0 Å². The van der Waals surface area contributed by atoms with Gasteiger partial charge in [-0.05, 0) is 128 Å². The van der Waals surface area contributed by atoms with Crippen molar-refractivity contribution >= 4 is 34.2 Å². The summed E-state index contributed by atoms with van der Waals surface area (Å²) in [5.41, 5.74) is 19.9. The van der Waals surface area contributed by atoms with Gasteiger partial charge in [-0.2, -0.15) is 0 Å². The van der Waals surface area contributed by atoms with E-state index in [-0.39, 0.29) is 11.9 Å². The molecule has 0 fully saturated rings. The number of ether oxygens (including phenoxy) is 2. The largest absolute Gasteiger partial charge is 0.427 e. The van der Waals surface area contributed by atoms with E-state index in [2.05, 4.69) is 264 Å². The Morgan fingerprint density at radius 2 is 0.480 bits per heavy atom. The zero-order valence-electron chi connectivity index (χ0n) is 57.2. The first-order valence-corrected chi connectivity index (χ1v) is 35.9.